The van der Waals surface area contributed by atoms with Crippen LogP contribution < -0.4 is 5.73 Å². The number of hydrogen-bond donors (Lipinski definition) is 1. The molecule has 1 spiro atoms. The van der Waals surface area contributed by atoms with Gasteiger partial charge in [0.15, 0.2) is 0 Å². The molecule has 2 aliphatic heterocycles. The predicted octanol–water partition coefficient (Wildman–Crippen LogP) is 1.16. The first-order valence-electron chi connectivity index (χ1n) is 8.49. The van der Waals surface area contributed by atoms with Gasteiger partial charge in [0.25, 0.3) is 5.91 Å². The second-order valence-electron chi connectivity index (χ2n) is 7.02. The van der Waals surface area contributed by atoms with Crippen molar-refractivity contribution in [2.45, 2.75) is 25.7 Å². The predicted molar refractivity (Wildman–Crippen MR) is 89.0 cm³/mol. The van der Waals surface area contributed by atoms with Crippen molar-refractivity contribution < 1.29 is 18.8 Å². The second-order valence-corrected chi connectivity index (χ2v) is 7.02. The summed E-state index contributed by atoms with van der Waals surface area (Å²) in [7, 11) is 0. The molecule has 0 unspecified atom stereocenters. The number of halogens is 1. The van der Waals surface area contributed by atoms with Gasteiger partial charge in [-0.1, -0.05) is 6.07 Å². The molecule has 3 rings (SSSR count). The van der Waals surface area contributed by atoms with Gasteiger partial charge in [-0.25, -0.2) is 4.39 Å². The van der Waals surface area contributed by atoms with Crippen LogP contribution in [0.5, 0.6) is 0 Å². The Bertz CT molecular complexity index is 699. The quantitative estimate of drug-likeness (QED) is 0.890. The zero-order valence-electron chi connectivity index (χ0n) is 14.0. The minimum Gasteiger partial charge on any atom is -0.368 e. The van der Waals surface area contributed by atoms with Crippen molar-refractivity contribution in [3.8, 4) is 0 Å². The topological polar surface area (TPSA) is 83.7 Å². The lowest BCUT2D eigenvalue weighted by atomic mass is 9.72. The number of carbonyl (C=O) groups excluding carboxylic acids is 3. The summed E-state index contributed by atoms with van der Waals surface area (Å²) in [4.78, 5) is 38.9. The van der Waals surface area contributed by atoms with Crippen molar-refractivity contribution >= 4 is 17.7 Å². The number of rotatable bonds is 3. The van der Waals surface area contributed by atoms with Crippen molar-refractivity contribution in [1.82, 2.24) is 9.80 Å². The molecule has 2 fully saturated rings. The molecule has 0 aromatic heterocycles. The Balaban J connectivity index is 1.64. The van der Waals surface area contributed by atoms with Gasteiger partial charge in [-0.2, -0.15) is 0 Å². The minimum absolute atomic E-state index is 0.0392. The molecule has 25 heavy (non-hydrogen) atoms. The van der Waals surface area contributed by atoms with Crippen molar-refractivity contribution in [3.63, 3.8) is 0 Å². The SMILES string of the molecule is NC(=O)CN1CC2(CCC1=O)CCN(C(=O)c1cccc(F)c1)CC2. The van der Waals surface area contributed by atoms with Crippen molar-refractivity contribution in [1.29, 1.82) is 0 Å². The summed E-state index contributed by atoms with van der Waals surface area (Å²) < 4.78 is 13.3. The molecule has 3 amide bonds. The summed E-state index contributed by atoms with van der Waals surface area (Å²) in [5.41, 5.74) is 5.51. The molecule has 2 saturated heterocycles. The lowest BCUT2D eigenvalue weighted by Gasteiger charge is -2.47. The van der Waals surface area contributed by atoms with E-state index in [2.05, 4.69) is 0 Å². The van der Waals surface area contributed by atoms with Crippen LogP contribution >= 0.6 is 0 Å². The van der Waals surface area contributed by atoms with Gasteiger partial charge in [-0.15, -0.1) is 0 Å². The molecule has 0 aliphatic carbocycles. The Kier molecular flexibility index (Phi) is 4.74. The van der Waals surface area contributed by atoms with Crippen LogP contribution in [0.1, 0.15) is 36.0 Å². The third kappa shape index (κ3) is 3.81. The molecule has 6 nitrogen and oxygen atoms in total. The molecule has 0 radical (unpaired) electrons. The first-order valence-corrected chi connectivity index (χ1v) is 8.49. The summed E-state index contributed by atoms with van der Waals surface area (Å²) in [5, 5.41) is 0. The number of benzene rings is 1. The van der Waals surface area contributed by atoms with Crippen LogP contribution in [-0.4, -0.2) is 53.7 Å². The smallest absolute Gasteiger partial charge is 0.253 e. The van der Waals surface area contributed by atoms with E-state index in [1.54, 1.807) is 11.0 Å². The maximum Gasteiger partial charge on any atom is 0.253 e. The molecule has 0 bridgehead atoms. The van der Waals surface area contributed by atoms with Gasteiger partial charge in [0.1, 0.15) is 5.82 Å². The summed E-state index contributed by atoms with van der Waals surface area (Å²) >= 11 is 0. The molecule has 1 aromatic rings. The van der Waals surface area contributed by atoms with Crippen LogP contribution in [-0.2, 0) is 9.59 Å². The van der Waals surface area contributed by atoms with E-state index in [1.165, 1.54) is 23.1 Å². The number of amides is 3. The molecule has 7 heteroatoms. The number of piperidine rings is 2. The molecule has 0 atom stereocenters. The fourth-order valence-electron chi connectivity index (χ4n) is 3.83. The van der Waals surface area contributed by atoms with Crippen LogP contribution in [0.2, 0.25) is 0 Å². The molecule has 1 aromatic carbocycles. The van der Waals surface area contributed by atoms with Gasteiger partial charge in [0, 0.05) is 31.6 Å². The fourth-order valence-corrected chi connectivity index (χ4v) is 3.83. The van der Waals surface area contributed by atoms with E-state index in [0.717, 1.165) is 19.3 Å². The molecule has 2 N–H and O–H groups in total. The van der Waals surface area contributed by atoms with E-state index in [0.29, 0.717) is 31.6 Å². The van der Waals surface area contributed by atoms with E-state index >= 15 is 0 Å². The van der Waals surface area contributed by atoms with Crippen LogP contribution in [0.25, 0.3) is 0 Å². The second kappa shape index (κ2) is 6.82. The zero-order valence-corrected chi connectivity index (χ0v) is 14.0. The highest BCUT2D eigenvalue weighted by Gasteiger charge is 2.42. The minimum atomic E-state index is -0.510. The Morgan fingerprint density at radius 2 is 1.92 bits per heavy atom. The van der Waals surface area contributed by atoms with E-state index < -0.39 is 11.7 Å². The lowest BCUT2D eigenvalue weighted by molar-refractivity contribution is -0.142. The monoisotopic (exact) mass is 347 g/mol. The van der Waals surface area contributed by atoms with E-state index in [4.69, 9.17) is 5.73 Å². The Hall–Kier alpha value is -2.44. The Labute approximate surface area is 145 Å². The number of hydrogen-bond acceptors (Lipinski definition) is 3. The number of carbonyl (C=O) groups is 3. The average Bonchev–Trinajstić information content (AvgIpc) is 2.58. The zero-order chi connectivity index (χ0) is 18.0. The molecule has 0 saturated carbocycles. The van der Waals surface area contributed by atoms with E-state index in [1.807, 2.05) is 0 Å². The van der Waals surface area contributed by atoms with Gasteiger partial charge < -0.3 is 15.5 Å². The molecular weight excluding hydrogens is 325 g/mol. The first-order chi connectivity index (χ1) is 11.9. The highest BCUT2D eigenvalue weighted by atomic mass is 19.1. The number of nitrogens with zero attached hydrogens (tertiary/aromatic N) is 2. The fraction of sp³-hybridized carbons (Fsp3) is 0.500. The van der Waals surface area contributed by atoms with E-state index in [9.17, 15) is 18.8 Å². The lowest BCUT2D eigenvalue weighted by Crippen LogP contribution is -2.53. The highest BCUT2D eigenvalue weighted by molar-refractivity contribution is 5.94. The Morgan fingerprint density at radius 1 is 1.20 bits per heavy atom. The maximum atomic E-state index is 13.3. The van der Waals surface area contributed by atoms with E-state index in [-0.39, 0.29) is 23.8 Å². The Morgan fingerprint density at radius 3 is 2.56 bits per heavy atom. The van der Waals surface area contributed by atoms with Gasteiger partial charge in [-0.3, -0.25) is 14.4 Å². The van der Waals surface area contributed by atoms with Crippen molar-refractivity contribution in [2.75, 3.05) is 26.2 Å². The first kappa shape index (κ1) is 17.4. The van der Waals surface area contributed by atoms with Crippen molar-refractivity contribution in [3.05, 3.63) is 35.6 Å². The third-order valence-electron chi connectivity index (χ3n) is 5.28. The average molecular weight is 347 g/mol. The van der Waals surface area contributed by atoms with Crippen LogP contribution in [0.3, 0.4) is 0 Å². The van der Waals surface area contributed by atoms with Crippen LogP contribution in [0.15, 0.2) is 24.3 Å². The standard InChI is InChI=1S/C18H22FN3O3/c19-14-3-1-2-13(10-14)17(25)21-8-6-18(7-9-21)5-4-16(24)22(12-18)11-15(20)23/h1-3,10H,4-9,11-12H2,(H2,20,23). The summed E-state index contributed by atoms with van der Waals surface area (Å²) in [6, 6.07) is 5.71. The van der Waals surface area contributed by atoms with Gasteiger partial charge in [0.2, 0.25) is 11.8 Å². The van der Waals surface area contributed by atoms with Gasteiger partial charge in [-0.05, 0) is 42.9 Å². The van der Waals surface area contributed by atoms with Crippen LogP contribution in [0.4, 0.5) is 4.39 Å². The molecule has 2 aliphatic rings. The van der Waals surface area contributed by atoms with Gasteiger partial charge >= 0.3 is 0 Å². The number of nitrogens with two attached hydrogens (primary N) is 1. The number of primary amides is 1. The summed E-state index contributed by atoms with van der Waals surface area (Å²) in [6.07, 6.45) is 2.70. The normalized spacial score (nSPS) is 20.0. The third-order valence-corrected chi connectivity index (χ3v) is 5.28. The molecule has 2 heterocycles. The summed E-state index contributed by atoms with van der Waals surface area (Å²) in [6.45, 7) is 1.59. The van der Waals surface area contributed by atoms with Gasteiger partial charge in [0.05, 0.1) is 6.54 Å². The summed E-state index contributed by atoms with van der Waals surface area (Å²) in [5.74, 6) is -1.14. The largest absolute Gasteiger partial charge is 0.368 e. The van der Waals surface area contributed by atoms with Crippen molar-refractivity contribution in [2.24, 2.45) is 11.1 Å². The number of likely N-dealkylation sites (tertiary alicyclic amines) is 2. The van der Waals surface area contributed by atoms with Crippen LogP contribution in [0, 0.1) is 11.2 Å². The molecular formula is C18H22FN3O3. The molecule has 134 valence electrons. The maximum absolute atomic E-state index is 13.3. The highest BCUT2D eigenvalue weighted by Crippen LogP contribution is 2.40.